The number of nitrogens with zero attached hydrogens (tertiary/aromatic N) is 1. The lowest BCUT2D eigenvalue weighted by molar-refractivity contribution is 0.798. The van der Waals surface area contributed by atoms with Crippen LogP contribution in [0.25, 0.3) is 0 Å². The molecule has 0 bridgehead atoms. The molecule has 0 aliphatic heterocycles. The summed E-state index contributed by atoms with van der Waals surface area (Å²) in [7, 11) is 0. The van der Waals surface area contributed by atoms with E-state index in [1.54, 1.807) is 0 Å². The van der Waals surface area contributed by atoms with Crippen LogP contribution in [0.15, 0.2) is 53.5 Å². The number of fused-ring (bicyclic) bond motifs is 1. The molecular formula is C18H18ClN. The van der Waals surface area contributed by atoms with Crippen LogP contribution < -0.4 is 0 Å². The molecule has 2 heteroatoms. The van der Waals surface area contributed by atoms with Crippen LogP contribution in [0.4, 0.5) is 0 Å². The van der Waals surface area contributed by atoms with Gasteiger partial charge in [0.25, 0.3) is 0 Å². The number of benzene rings is 2. The van der Waals surface area contributed by atoms with E-state index in [1.807, 2.05) is 12.1 Å². The summed E-state index contributed by atoms with van der Waals surface area (Å²) in [5.41, 5.74) is 5.33. The molecule has 2 aromatic carbocycles. The minimum absolute atomic E-state index is 0.236. The largest absolute Gasteiger partial charge is 0.286 e. The van der Waals surface area contributed by atoms with Gasteiger partial charge < -0.3 is 0 Å². The molecule has 0 heterocycles. The zero-order valence-corrected chi connectivity index (χ0v) is 12.4. The van der Waals surface area contributed by atoms with Gasteiger partial charge in [0.1, 0.15) is 0 Å². The third-order valence-corrected chi connectivity index (χ3v) is 4.14. The van der Waals surface area contributed by atoms with Gasteiger partial charge in [0.2, 0.25) is 0 Å². The molecule has 1 aliphatic rings. The van der Waals surface area contributed by atoms with Gasteiger partial charge in [-0.25, -0.2) is 0 Å². The first-order valence-electron chi connectivity index (χ1n) is 7.10. The lowest BCUT2D eigenvalue weighted by atomic mass is 9.90. The fourth-order valence-corrected chi connectivity index (χ4v) is 2.97. The Labute approximate surface area is 125 Å². The molecule has 1 atom stereocenters. The fourth-order valence-electron chi connectivity index (χ4n) is 2.78. The highest BCUT2D eigenvalue weighted by atomic mass is 35.5. The van der Waals surface area contributed by atoms with Crippen molar-refractivity contribution in [1.29, 1.82) is 0 Å². The molecule has 0 saturated carbocycles. The van der Waals surface area contributed by atoms with Crippen molar-refractivity contribution in [1.82, 2.24) is 0 Å². The summed E-state index contributed by atoms with van der Waals surface area (Å²) < 4.78 is 0. The van der Waals surface area contributed by atoms with Crippen LogP contribution in [0.2, 0.25) is 5.02 Å². The molecule has 20 heavy (non-hydrogen) atoms. The second kappa shape index (κ2) is 5.80. The summed E-state index contributed by atoms with van der Waals surface area (Å²) in [5, 5.41) is 0.835. The SMILES string of the molecule is CC(N=C1CCc2cc(Cl)ccc2C1)c1ccccc1. The Morgan fingerprint density at radius 2 is 1.80 bits per heavy atom. The van der Waals surface area contributed by atoms with Gasteiger partial charge in [-0.2, -0.15) is 0 Å². The average Bonchev–Trinajstić information content (AvgIpc) is 2.48. The van der Waals surface area contributed by atoms with E-state index in [4.69, 9.17) is 16.6 Å². The topological polar surface area (TPSA) is 12.4 Å². The molecular weight excluding hydrogens is 266 g/mol. The van der Waals surface area contributed by atoms with E-state index in [9.17, 15) is 0 Å². The molecule has 1 nitrogen and oxygen atoms in total. The lowest BCUT2D eigenvalue weighted by Gasteiger charge is -2.19. The van der Waals surface area contributed by atoms with E-state index >= 15 is 0 Å². The first-order valence-corrected chi connectivity index (χ1v) is 7.48. The van der Waals surface area contributed by atoms with Crippen LogP contribution in [0.5, 0.6) is 0 Å². The molecule has 0 fully saturated rings. The van der Waals surface area contributed by atoms with Crippen molar-refractivity contribution in [3.8, 4) is 0 Å². The molecule has 0 aromatic heterocycles. The average molecular weight is 284 g/mol. The summed E-state index contributed by atoms with van der Waals surface area (Å²) >= 11 is 6.05. The van der Waals surface area contributed by atoms with E-state index in [-0.39, 0.29) is 6.04 Å². The monoisotopic (exact) mass is 283 g/mol. The van der Waals surface area contributed by atoms with Crippen LogP contribution in [0.3, 0.4) is 0 Å². The lowest BCUT2D eigenvalue weighted by Crippen LogP contribution is -2.14. The quantitative estimate of drug-likeness (QED) is 0.733. The van der Waals surface area contributed by atoms with Crippen LogP contribution >= 0.6 is 11.6 Å². The predicted octanol–water partition coefficient (Wildman–Crippen LogP) is 5.03. The number of halogens is 1. The predicted molar refractivity (Wildman–Crippen MR) is 85.8 cm³/mol. The molecule has 0 N–H and O–H groups in total. The van der Waals surface area contributed by atoms with Crippen LogP contribution in [0.1, 0.15) is 36.1 Å². The summed E-state index contributed by atoms with van der Waals surface area (Å²) in [6, 6.07) is 16.9. The van der Waals surface area contributed by atoms with Crippen LogP contribution in [-0.4, -0.2) is 5.71 Å². The molecule has 3 rings (SSSR count). The fraction of sp³-hybridized carbons (Fsp3) is 0.278. The number of hydrogen-bond donors (Lipinski definition) is 0. The summed E-state index contributed by atoms with van der Waals surface area (Å²) in [5.74, 6) is 0. The van der Waals surface area contributed by atoms with Gasteiger partial charge in [-0.05, 0) is 48.6 Å². The molecule has 1 aliphatic carbocycles. The van der Waals surface area contributed by atoms with Crippen LogP contribution in [0, 0.1) is 0 Å². The zero-order chi connectivity index (χ0) is 13.9. The second-order valence-corrected chi connectivity index (χ2v) is 5.81. The van der Waals surface area contributed by atoms with Gasteiger partial charge in [-0.15, -0.1) is 0 Å². The van der Waals surface area contributed by atoms with Crippen molar-refractivity contribution in [2.24, 2.45) is 4.99 Å². The van der Waals surface area contributed by atoms with E-state index in [0.29, 0.717) is 0 Å². The Balaban J connectivity index is 1.80. The standard InChI is InChI=1S/C18H18ClN/c1-13(14-5-3-2-4-6-14)20-18-10-8-15-11-17(19)9-7-16(15)12-18/h2-7,9,11,13H,8,10,12H2,1H3. The Morgan fingerprint density at radius 1 is 1.00 bits per heavy atom. The zero-order valence-electron chi connectivity index (χ0n) is 11.6. The van der Waals surface area contributed by atoms with Gasteiger partial charge in [-0.3, -0.25) is 4.99 Å². The third kappa shape index (κ3) is 2.94. The highest BCUT2D eigenvalue weighted by Gasteiger charge is 2.15. The van der Waals surface area contributed by atoms with Crippen molar-refractivity contribution < 1.29 is 0 Å². The van der Waals surface area contributed by atoms with E-state index in [0.717, 1.165) is 24.3 Å². The first kappa shape index (κ1) is 13.4. The minimum atomic E-state index is 0.236. The molecule has 0 saturated heterocycles. The number of aliphatic imine (C=N–C) groups is 1. The molecule has 1 unspecified atom stereocenters. The van der Waals surface area contributed by atoms with Crippen molar-refractivity contribution in [2.45, 2.75) is 32.2 Å². The minimum Gasteiger partial charge on any atom is -0.286 e. The summed E-state index contributed by atoms with van der Waals surface area (Å²) in [6.45, 7) is 2.17. The molecule has 0 amide bonds. The van der Waals surface area contributed by atoms with Crippen molar-refractivity contribution in [2.75, 3.05) is 0 Å². The van der Waals surface area contributed by atoms with Gasteiger partial charge in [-0.1, -0.05) is 48.0 Å². The van der Waals surface area contributed by atoms with Crippen molar-refractivity contribution in [3.63, 3.8) is 0 Å². The van der Waals surface area contributed by atoms with E-state index < -0.39 is 0 Å². The first-order chi connectivity index (χ1) is 9.72. The highest BCUT2D eigenvalue weighted by molar-refractivity contribution is 6.30. The van der Waals surface area contributed by atoms with Gasteiger partial charge in [0.05, 0.1) is 6.04 Å². The molecule has 0 radical (unpaired) electrons. The second-order valence-electron chi connectivity index (χ2n) is 5.37. The van der Waals surface area contributed by atoms with Crippen molar-refractivity contribution in [3.05, 3.63) is 70.2 Å². The maximum absolute atomic E-state index is 6.05. The van der Waals surface area contributed by atoms with Gasteiger partial charge >= 0.3 is 0 Å². The molecule has 2 aromatic rings. The Kier molecular flexibility index (Phi) is 3.88. The Bertz CT molecular complexity index is 631. The Hall–Kier alpha value is -1.60. The van der Waals surface area contributed by atoms with E-state index in [1.165, 1.54) is 22.4 Å². The van der Waals surface area contributed by atoms with Crippen LogP contribution in [-0.2, 0) is 12.8 Å². The normalized spacial score (nSPS) is 17.8. The summed E-state index contributed by atoms with van der Waals surface area (Å²) in [4.78, 5) is 4.91. The van der Waals surface area contributed by atoms with Gasteiger partial charge in [0, 0.05) is 17.2 Å². The van der Waals surface area contributed by atoms with Crippen molar-refractivity contribution >= 4 is 17.3 Å². The number of rotatable bonds is 2. The van der Waals surface area contributed by atoms with Gasteiger partial charge in [0.15, 0.2) is 0 Å². The maximum Gasteiger partial charge on any atom is 0.0720 e. The highest BCUT2D eigenvalue weighted by Crippen LogP contribution is 2.25. The summed E-state index contributed by atoms with van der Waals surface area (Å²) in [6.07, 6.45) is 3.06. The smallest absolute Gasteiger partial charge is 0.0720 e. The number of aryl methyl sites for hydroxylation is 1. The Morgan fingerprint density at radius 3 is 2.60 bits per heavy atom. The number of hydrogen-bond acceptors (Lipinski definition) is 1. The third-order valence-electron chi connectivity index (χ3n) is 3.90. The maximum atomic E-state index is 6.05. The van der Waals surface area contributed by atoms with E-state index in [2.05, 4.69) is 43.3 Å². The molecule has 0 spiro atoms. The molecule has 102 valence electrons.